The molecule has 20 heavy (non-hydrogen) atoms. The van der Waals surface area contributed by atoms with Gasteiger partial charge in [0.1, 0.15) is 0 Å². The monoisotopic (exact) mass is 284 g/mol. The van der Waals surface area contributed by atoms with Crippen LogP contribution in [0.2, 0.25) is 0 Å². The Morgan fingerprint density at radius 1 is 1.45 bits per heavy atom. The number of hydrogen-bond donors (Lipinski definition) is 2. The Bertz CT molecular complexity index is 353. The van der Waals surface area contributed by atoms with Crippen molar-refractivity contribution in [2.24, 2.45) is 17.1 Å². The number of amides is 1. The summed E-state index contributed by atoms with van der Waals surface area (Å²) in [6.45, 7) is 6.77. The first-order valence-corrected chi connectivity index (χ1v) is 7.52. The quantitative estimate of drug-likeness (QED) is 0.779. The Morgan fingerprint density at radius 2 is 2.10 bits per heavy atom. The highest BCUT2D eigenvalue weighted by Gasteiger charge is 2.39. The van der Waals surface area contributed by atoms with Crippen LogP contribution in [0.25, 0.3) is 0 Å². The highest BCUT2D eigenvalue weighted by molar-refractivity contribution is 5.77. The van der Waals surface area contributed by atoms with Gasteiger partial charge in [0, 0.05) is 25.6 Å². The number of carboxylic acid groups (broad SMARTS) is 1. The number of carbonyl (C=O) groups is 2. The lowest BCUT2D eigenvalue weighted by Gasteiger charge is -2.39. The zero-order valence-electron chi connectivity index (χ0n) is 12.9. The topological polar surface area (TPSA) is 83.6 Å². The molecule has 0 aromatic heterocycles. The molecule has 116 valence electrons. The molecule has 2 unspecified atom stereocenters. The van der Waals surface area contributed by atoms with Crippen LogP contribution in [-0.4, -0.2) is 41.0 Å². The van der Waals surface area contributed by atoms with Crippen LogP contribution < -0.4 is 5.73 Å². The molecule has 0 radical (unpaired) electrons. The van der Waals surface area contributed by atoms with Gasteiger partial charge in [-0.25, -0.2) is 0 Å². The number of rotatable bonds is 6. The second kappa shape index (κ2) is 7.07. The molecule has 0 spiro atoms. The summed E-state index contributed by atoms with van der Waals surface area (Å²) in [5.41, 5.74) is 4.91. The van der Waals surface area contributed by atoms with Crippen molar-refractivity contribution in [2.75, 3.05) is 13.1 Å². The lowest BCUT2D eigenvalue weighted by Crippen LogP contribution is -2.46. The molecule has 1 fully saturated rings. The Balaban J connectivity index is 2.52. The fraction of sp³-hybridized carbons (Fsp3) is 0.867. The van der Waals surface area contributed by atoms with E-state index in [1.54, 1.807) is 13.8 Å². The smallest absolute Gasteiger partial charge is 0.309 e. The zero-order valence-corrected chi connectivity index (χ0v) is 12.9. The number of carbonyl (C=O) groups excluding carboxylic acids is 1. The van der Waals surface area contributed by atoms with E-state index in [0.29, 0.717) is 13.0 Å². The van der Waals surface area contributed by atoms with Crippen LogP contribution in [-0.2, 0) is 9.59 Å². The summed E-state index contributed by atoms with van der Waals surface area (Å²) in [5, 5.41) is 9.30. The summed E-state index contributed by atoms with van der Waals surface area (Å²) < 4.78 is 0. The van der Waals surface area contributed by atoms with Crippen LogP contribution in [0.3, 0.4) is 0 Å². The number of nitrogens with two attached hydrogens (primary N) is 1. The summed E-state index contributed by atoms with van der Waals surface area (Å²) in [5.74, 6) is -0.614. The zero-order chi connectivity index (χ0) is 15.3. The van der Waals surface area contributed by atoms with Crippen molar-refractivity contribution >= 4 is 11.9 Å². The van der Waals surface area contributed by atoms with Crippen molar-refractivity contribution in [3.63, 3.8) is 0 Å². The largest absolute Gasteiger partial charge is 0.481 e. The first-order chi connectivity index (χ1) is 9.25. The molecule has 5 heteroatoms. The molecular formula is C15H28N2O3. The number of hydrogen-bond acceptors (Lipinski definition) is 3. The van der Waals surface area contributed by atoms with E-state index < -0.39 is 11.4 Å². The van der Waals surface area contributed by atoms with E-state index in [0.717, 1.165) is 32.2 Å². The Morgan fingerprint density at radius 3 is 2.65 bits per heavy atom. The van der Waals surface area contributed by atoms with Gasteiger partial charge in [-0.05, 0) is 52.4 Å². The van der Waals surface area contributed by atoms with E-state index in [1.165, 1.54) is 0 Å². The van der Waals surface area contributed by atoms with Crippen LogP contribution in [0.4, 0.5) is 0 Å². The summed E-state index contributed by atoms with van der Waals surface area (Å²) in [4.78, 5) is 25.3. The first-order valence-electron chi connectivity index (χ1n) is 7.52. The predicted molar refractivity (Wildman–Crippen MR) is 78.2 cm³/mol. The molecule has 5 nitrogen and oxygen atoms in total. The average Bonchev–Trinajstić information content (AvgIpc) is 2.38. The van der Waals surface area contributed by atoms with Gasteiger partial charge in [-0.15, -0.1) is 0 Å². The highest BCUT2D eigenvalue weighted by Crippen LogP contribution is 2.34. The van der Waals surface area contributed by atoms with E-state index >= 15 is 0 Å². The minimum Gasteiger partial charge on any atom is -0.481 e. The van der Waals surface area contributed by atoms with Crippen molar-refractivity contribution in [3.05, 3.63) is 0 Å². The van der Waals surface area contributed by atoms with Crippen LogP contribution >= 0.6 is 0 Å². The number of aliphatic carboxylic acids is 1. The third-order valence-electron chi connectivity index (χ3n) is 4.40. The van der Waals surface area contributed by atoms with Gasteiger partial charge >= 0.3 is 5.97 Å². The van der Waals surface area contributed by atoms with E-state index in [-0.39, 0.29) is 17.9 Å². The minimum atomic E-state index is -0.784. The molecule has 1 aliphatic rings. The van der Waals surface area contributed by atoms with E-state index in [2.05, 4.69) is 0 Å². The molecule has 0 bridgehead atoms. The van der Waals surface area contributed by atoms with Crippen LogP contribution in [0.1, 0.15) is 52.9 Å². The van der Waals surface area contributed by atoms with E-state index in [9.17, 15) is 14.7 Å². The SMILES string of the molecule is CC(N)CCCC(=O)N1CCCC(C(C)(C)C(=O)O)C1. The molecule has 0 aromatic rings. The second-order valence-electron chi connectivity index (χ2n) is 6.58. The first kappa shape index (κ1) is 17.0. The molecule has 0 aliphatic carbocycles. The number of likely N-dealkylation sites (tertiary alicyclic amines) is 1. The van der Waals surface area contributed by atoms with Gasteiger partial charge in [0.15, 0.2) is 0 Å². The molecule has 3 N–H and O–H groups in total. The number of nitrogens with zero attached hydrogens (tertiary/aromatic N) is 1. The number of carboxylic acids is 1. The average molecular weight is 284 g/mol. The summed E-state index contributed by atoms with van der Waals surface area (Å²) in [6.07, 6.45) is 3.94. The number of piperidine rings is 1. The predicted octanol–water partition coefficient (Wildman–Crippen LogP) is 1.85. The van der Waals surface area contributed by atoms with Crippen molar-refractivity contribution in [2.45, 2.75) is 58.9 Å². The minimum absolute atomic E-state index is 0.0335. The third kappa shape index (κ3) is 4.47. The van der Waals surface area contributed by atoms with Gasteiger partial charge in [0.25, 0.3) is 0 Å². The maximum absolute atomic E-state index is 12.2. The van der Waals surface area contributed by atoms with Gasteiger partial charge in [0.2, 0.25) is 5.91 Å². The van der Waals surface area contributed by atoms with Gasteiger partial charge in [-0.3, -0.25) is 9.59 Å². The van der Waals surface area contributed by atoms with E-state index in [1.807, 2.05) is 11.8 Å². The van der Waals surface area contributed by atoms with Gasteiger partial charge in [-0.1, -0.05) is 0 Å². The van der Waals surface area contributed by atoms with E-state index in [4.69, 9.17) is 5.73 Å². The molecule has 0 saturated carbocycles. The van der Waals surface area contributed by atoms with Crippen molar-refractivity contribution < 1.29 is 14.7 Å². The molecule has 1 aliphatic heterocycles. The molecule has 1 heterocycles. The summed E-state index contributed by atoms with van der Waals surface area (Å²) in [6, 6.07) is 0.128. The van der Waals surface area contributed by atoms with Crippen molar-refractivity contribution in [3.8, 4) is 0 Å². The fourth-order valence-electron chi connectivity index (χ4n) is 2.70. The normalized spacial score (nSPS) is 21.6. The Kier molecular flexibility index (Phi) is 5.99. The lowest BCUT2D eigenvalue weighted by molar-refractivity contribution is -0.153. The van der Waals surface area contributed by atoms with Crippen LogP contribution in [0.15, 0.2) is 0 Å². The van der Waals surface area contributed by atoms with Gasteiger partial charge in [0.05, 0.1) is 5.41 Å². The molecule has 0 aromatic carbocycles. The molecular weight excluding hydrogens is 256 g/mol. The Hall–Kier alpha value is -1.10. The molecule has 2 atom stereocenters. The Labute approximate surface area is 121 Å². The summed E-state index contributed by atoms with van der Waals surface area (Å²) >= 11 is 0. The highest BCUT2D eigenvalue weighted by atomic mass is 16.4. The van der Waals surface area contributed by atoms with Gasteiger partial charge < -0.3 is 15.7 Å². The standard InChI is InChI=1S/C15H28N2O3/c1-11(16)6-4-8-13(18)17-9-5-7-12(10-17)15(2,3)14(19)20/h11-12H,4-10,16H2,1-3H3,(H,19,20). The maximum atomic E-state index is 12.2. The molecule has 1 saturated heterocycles. The molecule has 1 rings (SSSR count). The molecule has 1 amide bonds. The fourth-order valence-corrected chi connectivity index (χ4v) is 2.70. The van der Waals surface area contributed by atoms with Crippen molar-refractivity contribution in [1.82, 2.24) is 4.90 Å². The summed E-state index contributed by atoms with van der Waals surface area (Å²) in [7, 11) is 0. The maximum Gasteiger partial charge on any atom is 0.309 e. The second-order valence-corrected chi connectivity index (χ2v) is 6.58. The van der Waals surface area contributed by atoms with Gasteiger partial charge in [-0.2, -0.15) is 0 Å². The van der Waals surface area contributed by atoms with Crippen LogP contribution in [0.5, 0.6) is 0 Å². The lowest BCUT2D eigenvalue weighted by atomic mass is 9.74. The third-order valence-corrected chi connectivity index (χ3v) is 4.40. The van der Waals surface area contributed by atoms with Crippen molar-refractivity contribution in [1.29, 1.82) is 0 Å². The van der Waals surface area contributed by atoms with Crippen LogP contribution in [0, 0.1) is 11.3 Å².